The van der Waals surface area contributed by atoms with E-state index in [1.807, 2.05) is 91.9 Å². The lowest BCUT2D eigenvalue weighted by Gasteiger charge is -2.31. The van der Waals surface area contributed by atoms with Crippen molar-refractivity contribution in [2.45, 2.75) is 6.92 Å². The topological polar surface area (TPSA) is 57.7 Å². The lowest BCUT2D eigenvalue weighted by atomic mass is 9.94. The summed E-state index contributed by atoms with van der Waals surface area (Å²) in [7, 11) is 0. The van der Waals surface area contributed by atoms with E-state index in [2.05, 4.69) is 15.9 Å². The van der Waals surface area contributed by atoms with E-state index < -0.39 is 0 Å². The number of carbonyl (C=O) groups excluding carboxylic acids is 3. The number of anilines is 1. The summed E-state index contributed by atoms with van der Waals surface area (Å²) in [6.07, 6.45) is 0. The smallest absolute Gasteiger partial charge is 0.261 e. The Balaban J connectivity index is 1.39. The van der Waals surface area contributed by atoms with E-state index >= 15 is 0 Å². The van der Waals surface area contributed by atoms with Gasteiger partial charge in [-0.1, -0.05) is 82.2 Å². The summed E-state index contributed by atoms with van der Waals surface area (Å²) < 4.78 is 0.831. The molecule has 5 aromatic carbocycles. The maximum atomic E-state index is 13.9. The van der Waals surface area contributed by atoms with Crippen molar-refractivity contribution < 1.29 is 14.4 Å². The Hall–Kier alpha value is -4.29. The summed E-state index contributed by atoms with van der Waals surface area (Å²) >= 11 is 3.53. The molecule has 0 atom stereocenters. The summed E-state index contributed by atoms with van der Waals surface area (Å²) in [5.41, 5.74) is 3.30. The van der Waals surface area contributed by atoms with Crippen molar-refractivity contribution in [1.82, 2.24) is 4.90 Å². The predicted molar refractivity (Wildman–Crippen MR) is 154 cm³/mol. The van der Waals surface area contributed by atoms with Crippen LogP contribution in [0.25, 0.3) is 21.5 Å². The van der Waals surface area contributed by atoms with E-state index in [0.717, 1.165) is 31.9 Å². The largest absolute Gasteiger partial charge is 0.306 e. The second-order valence-electron chi connectivity index (χ2n) is 9.41. The molecule has 0 radical (unpaired) electrons. The highest BCUT2D eigenvalue weighted by Crippen LogP contribution is 2.35. The van der Waals surface area contributed by atoms with Crippen LogP contribution >= 0.6 is 15.9 Å². The normalized spacial score (nSPS) is 12.8. The van der Waals surface area contributed by atoms with Crippen LogP contribution in [0.5, 0.6) is 0 Å². The molecule has 0 saturated carbocycles. The number of fused-ring (bicyclic) bond motifs is 1. The van der Waals surface area contributed by atoms with Crippen molar-refractivity contribution in [3.63, 3.8) is 0 Å². The number of benzene rings is 5. The van der Waals surface area contributed by atoms with Gasteiger partial charge in [0.1, 0.15) is 0 Å². The van der Waals surface area contributed by atoms with Gasteiger partial charge in [-0.25, -0.2) is 0 Å². The molecule has 0 unspecified atom stereocenters. The summed E-state index contributed by atoms with van der Waals surface area (Å²) in [4.78, 5) is 43.9. The Labute approximate surface area is 228 Å². The minimum Gasteiger partial charge on any atom is -0.306 e. The van der Waals surface area contributed by atoms with E-state index in [4.69, 9.17) is 0 Å². The van der Waals surface area contributed by atoms with Gasteiger partial charge in [-0.15, -0.1) is 0 Å². The van der Waals surface area contributed by atoms with Gasteiger partial charge < -0.3 is 4.90 Å². The number of aryl methyl sites for hydroxylation is 1. The minimum atomic E-state index is -0.355. The number of halogens is 1. The van der Waals surface area contributed by atoms with Gasteiger partial charge in [0.05, 0.1) is 5.69 Å². The van der Waals surface area contributed by atoms with E-state index in [1.165, 1.54) is 4.90 Å². The third-order valence-electron chi connectivity index (χ3n) is 7.09. The molecule has 1 aliphatic rings. The maximum absolute atomic E-state index is 13.9. The molecular formula is C32H23BrN2O3. The number of imide groups is 1. The highest BCUT2D eigenvalue weighted by Gasteiger charge is 2.34. The Morgan fingerprint density at radius 3 is 2.21 bits per heavy atom. The van der Waals surface area contributed by atoms with Crippen LogP contribution in [0.2, 0.25) is 0 Å². The molecule has 3 amide bonds. The predicted octanol–water partition coefficient (Wildman–Crippen LogP) is 7.01. The quantitative estimate of drug-likeness (QED) is 0.216. The molecule has 5 nitrogen and oxygen atoms in total. The van der Waals surface area contributed by atoms with Gasteiger partial charge in [0.25, 0.3) is 17.7 Å². The Kier molecular flexibility index (Phi) is 6.04. The molecule has 1 aliphatic heterocycles. The summed E-state index contributed by atoms with van der Waals surface area (Å²) in [6, 6.07) is 30.2. The van der Waals surface area contributed by atoms with Crippen molar-refractivity contribution >= 4 is 60.9 Å². The van der Waals surface area contributed by atoms with Crippen molar-refractivity contribution in [2.24, 2.45) is 0 Å². The molecular weight excluding hydrogens is 540 g/mol. The van der Waals surface area contributed by atoms with Gasteiger partial charge in [0.15, 0.2) is 0 Å². The highest BCUT2D eigenvalue weighted by molar-refractivity contribution is 9.10. The van der Waals surface area contributed by atoms with Gasteiger partial charge in [-0.2, -0.15) is 0 Å². The van der Waals surface area contributed by atoms with Crippen molar-refractivity contribution in [3.05, 3.63) is 124 Å². The summed E-state index contributed by atoms with van der Waals surface area (Å²) in [6.45, 7) is 2.19. The van der Waals surface area contributed by atoms with Gasteiger partial charge >= 0.3 is 0 Å². The first-order valence-electron chi connectivity index (χ1n) is 12.4. The third kappa shape index (κ3) is 3.98. The first kappa shape index (κ1) is 24.1. The molecule has 0 bridgehead atoms. The van der Waals surface area contributed by atoms with E-state index in [1.54, 1.807) is 17.0 Å². The molecule has 0 spiro atoms. The lowest BCUT2D eigenvalue weighted by molar-refractivity contribution is 0.0611. The fourth-order valence-electron chi connectivity index (χ4n) is 5.14. The van der Waals surface area contributed by atoms with E-state index in [-0.39, 0.29) is 30.8 Å². The molecule has 186 valence electrons. The minimum absolute atomic E-state index is 0.0599. The fraction of sp³-hybridized carbons (Fsp3) is 0.0938. The number of amides is 3. The van der Waals surface area contributed by atoms with Gasteiger partial charge in [0.2, 0.25) is 0 Å². The summed E-state index contributed by atoms with van der Waals surface area (Å²) in [5, 5.41) is 3.41. The van der Waals surface area contributed by atoms with Crippen LogP contribution in [0.1, 0.15) is 36.6 Å². The highest BCUT2D eigenvalue weighted by atomic mass is 79.9. The molecule has 0 N–H and O–H groups in total. The third-order valence-corrected chi connectivity index (χ3v) is 7.78. The molecule has 6 rings (SSSR count). The molecule has 0 aliphatic carbocycles. The number of nitrogens with zero attached hydrogens (tertiary/aromatic N) is 2. The second-order valence-corrected chi connectivity index (χ2v) is 10.3. The molecule has 0 aromatic heterocycles. The molecule has 6 heteroatoms. The van der Waals surface area contributed by atoms with Crippen LogP contribution in [-0.4, -0.2) is 35.7 Å². The Morgan fingerprint density at radius 1 is 0.763 bits per heavy atom. The fourth-order valence-corrected chi connectivity index (χ4v) is 5.60. The summed E-state index contributed by atoms with van der Waals surface area (Å²) in [5.74, 6) is -0.900. The van der Waals surface area contributed by atoms with Gasteiger partial charge in [-0.3, -0.25) is 19.3 Å². The average molecular weight is 563 g/mol. The molecule has 5 aromatic rings. The number of carbonyl (C=O) groups is 3. The standard InChI is InChI=1S/C32H23BrN2O3/c1-20-12-14-22(15-13-20)30(36)34(28-11-4-7-21-6-2-3-8-23(21)28)18-19-35-31(37)25-10-5-9-24-27(33)17-16-26(29(24)25)32(35)38/h2-17H,18-19H2,1H3. The average Bonchev–Trinajstić information content (AvgIpc) is 2.94. The van der Waals surface area contributed by atoms with E-state index in [0.29, 0.717) is 22.1 Å². The molecule has 1 heterocycles. The number of hydrogen-bond acceptors (Lipinski definition) is 3. The first-order chi connectivity index (χ1) is 18.4. The lowest BCUT2D eigenvalue weighted by Crippen LogP contribution is -2.46. The second kappa shape index (κ2) is 9.54. The van der Waals surface area contributed by atoms with Crippen molar-refractivity contribution in [3.8, 4) is 0 Å². The van der Waals surface area contributed by atoms with Gasteiger partial charge in [0, 0.05) is 45.0 Å². The van der Waals surface area contributed by atoms with Crippen molar-refractivity contribution in [1.29, 1.82) is 0 Å². The monoisotopic (exact) mass is 562 g/mol. The van der Waals surface area contributed by atoms with Crippen LogP contribution in [0, 0.1) is 6.92 Å². The first-order valence-corrected chi connectivity index (χ1v) is 13.2. The Bertz CT molecular complexity index is 1730. The zero-order chi connectivity index (χ0) is 26.4. The zero-order valence-corrected chi connectivity index (χ0v) is 22.2. The SMILES string of the molecule is Cc1ccc(C(=O)N(CCN2C(=O)c3cccc4c(Br)ccc(c34)C2=O)c2cccc3ccccc23)cc1. The van der Waals surface area contributed by atoms with Crippen LogP contribution in [-0.2, 0) is 0 Å². The van der Waals surface area contributed by atoms with E-state index in [9.17, 15) is 14.4 Å². The number of rotatable bonds is 5. The van der Waals surface area contributed by atoms with Crippen LogP contribution in [0.3, 0.4) is 0 Å². The van der Waals surface area contributed by atoms with Crippen LogP contribution in [0.15, 0.2) is 102 Å². The van der Waals surface area contributed by atoms with Gasteiger partial charge in [-0.05, 0) is 54.1 Å². The molecule has 38 heavy (non-hydrogen) atoms. The number of hydrogen-bond donors (Lipinski definition) is 0. The molecule has 0 fully saturated rings. The molecule has 0 saturated heterocycles. The maximum Gasteiger partial charge on any atom is 0.261 e. The van der Waals surface area contributed by atoms with Crippen LogP contribution in [0.4, 0.5) is 5.69 Å². The zero-order valence-electron chi connectivity index (χ0n) is 20.6. The van der Waals surface area contributed by atoms with Crippen molar-refractivity contribution in [2.75, 3.05) is 18.0 Å². The Morgan fingerprint density at radius 2 is 1.42 bits per heavy atom. The van der Waals surface area contributed by atoms with Crippen LogP contribution < -0.4 is 4.90 Å².